The van der Waals surface area contributed by atoms with Crippen molar-refractivity contribution >= 4 is 32.2 Å². The lowest BCUT2D eigenvalue weighted by Gasteiger charge is -2.48. The third-order valence-corrected chi connectivity index (χ3v) is 9.05. The van der Waals surface area contributed by atoms with Gasteiger partial charge in [0.1, 0.15) is 10.7 Å². The Kier molecular flexibility index (Phi) is 7.82. The van der Waals surface area contributed by atoms with Crippen molar-refractivity contribution in [1.29, 1.82) is 0 Å². The quantitative estimate of drug-likeness (QED) is 0.364. The van der Waals surface area contributed by atoms with Crippen molar-refractivity contribution < 1.29 is 26.0 Å². The van der Waals surface area contributed by atoms with Crippen LogP contribution in [0, 0.1) is 5.82 Å². The number of thiazole rings is 1. The minimum absolute atomic E-state index is 0.149. The maximum atomic E-state index is 15.0. The summed E-state index contributed by atoms with van der Waals surface area (Å²) < 4.78 is 82.0. The summed E-state index contributed by atoms with van der Waals surface area (Å²) in [6.45, 7) is 1.18. The van der Waals surface area contributed by atoms with Gasteiger partial charge in [-0.25, -0.2) is 17.8 Å². The molecule has 1 aromatic heterocycles. The van der Waals surface area contributed by atoms with Crippen molar-refractivity contribution in [3.63, 3.8) is 0 Å². The van der Waals surface area contributed by atoms with E-state index in [1.165, 1.54) is 30.5 Å². The fraction of sp³-hybridized carbons (Fsp3) is 0.400. The summed E-state index contributed by atoms with van der Waals surface area (Å²) in [5, 5.41) is 1.76. The number of anilines is 2. The van der Waals surface area contributed by atoms with E-state index in [1.54, 1.807) is 17.5 Å². The van der Waals surface area contributed by atoms with Gasteiger partial charge in [-0.1, -0.05) is 18.2 Å². The molecule has 0 bridgehead atoms. The molecular weight excluding hydrogens is 528 g/mol. The number of benzene rings is 2. The molecule has 3 aromatic rings. The summed E-state index contributed by atoms with van der Waals surface area (Å²) in [5.74, 6) is -0.869. The third-order valence-electron chi connectivity index (χ3n) is 6.86. The van der Waals surface area contributed by atoms with Crippen LogP contribution in [0.15, 0.2) is 58.9 Å². The second kappa shape index (κ2) is 10.6. The van der Waals surface area contributed by atoms with E-state index in [0.29, 0.717) is 37.2 Å². The van der Waals surface area contributed by atoms with Gasteiger partial charge in [0.2, 0.25) is 0 Å². The molecule has 200 valence electrons. The maximum Gasteiger partial charge on any atom is 0.416 e. The number of hydrogen-bond acceptors (Lipinski definition) is 6. The zero-order chi connectivity index (χ0) is 26.8. The van der Waals surface area contributed by atoms with Crippen LogP contribution in [0.3, 0.4) is 0 Å². The lowest BCUT2D eigenvalue weighted by Crippen LogP contribution is -2.56. The SMILES string of the molecule is CN(C)[C@@]1(CCc2cccc(C(F)(F)F)c2)CCCN(c2ccc(S(=O)(=O)Nc3nccs3)c(F)c2)C1. The van der Waals surface area contributed by atoms with Gasteiger partial charge in [0.15, 0.2) is 5.13 Å². The van der Waals surface area contributed by atoms with Crippen LogP contribution in [0.5, 0.6) is 0 Å². The summed E-state index contributed by atoms with van der Waals surface area (Å²) >= 11 is 1.09. The fourth-order valence-electron chi connectivity index (χ4n) is 4.75. The van der Waals surface area contributed by atoms with Crippen LogP contribution in [0.25, 0.3) is 0 Å². The summed E-state index contributed by atoms with van der Waals surface area (Å²) in [4.78, 5) is 7.49. The van der Waals surface area contributed by atoms with Crippen LogP contribution in [0.2, 0.25) is 0 Å². The average Bonchev–Trinajstić information content (AvgIpc) is 3.34. The normalized spacial score (nSPS) is 18.8. The van der Waals surface area contributed by atoms with E-state index in [2.05, 4.69) is 14.6 Å². The van der Waals surface area contributed by atoms with E-state index in [1.807, 2.05) is 19.0 Å². The van der Waals surface area contributed by atoms with E-state index >= 15 is 4.39 Å². The summed E-state index contributed by atoms with van der Waals surface area (Å²) in [6.07, 6.45) is -0.233. The van der Waals surface area contributed by atoms with Crippen molar-refractivity contribution in [2.24, 2.45) is 0 Å². The molecule has 12 heteroatoms. The molecule has 2 aromatic carbocycles. The molecule has 37 heavy (non-hydrogen) atoms. The largest absolute Gasteiger partial charge is 0.416 e. The predicted octanol–water partition coefficient (Wildman–Crippen LogP) is 5.64. The number of sulfonamides is 1. The Morgan fingerprint density at radius 2 is 1.97 bits per heavy atom. The molecule has 1 atom stereocenters. The van der Waals surface area contributed by atoms with E-state index in [9.17, 15) is 21.6 Å². The highest BCUT2D eigenvalue weighted by atomic mass is 32.2. The van der Waals surface area contributed by atoms with Crippen molar-refractivity contribution in [1.82, 2.24) is 9.88 Å². The molecule has 0 radical (unpaired) electrons. The number of hydrogen-bond donors (Lipinski definition) is 1. The molecule has 1 aliphatic heterocycles. The third kappa shape index (κ3) is 6.24. The number of aromatic nitrogens is 1. The van der Waals surface area contributed by atoms with Gasteiger partial charge in [0.25, 0.3) is 10.0 Å². The number of rotatable bonds is 8. The highest BCUT2D eigenvalue weighted by Crippen LogP contribution is 2.35. The van der Waals surface area contributed by atoms with Crippen LogP contribution in [0.4, 0.5) is 28.4 Å². The Labute approximate surface area is 218 Å². The van der Waals surface area contributed by atoms with Crippen LogP contribution >= 0.6 is 11.3 Å². The van der Waals surface area contributed by atoms with Gasteiger partial charge in [0, 0.05) is 35.9 Å². The molecule has 0 saturated carbocycles. The van der Waals surface area contributed by atoms with E-state index in [0.717, 1.165) is 30.2 Å². The fourth-order valence-corrected chi connectivity index (χ4v) is 6.60. The van der Waals surface area contributed by atoms with E-state index in [4.69, 9.17) is 0 Å². The Morgan fingerprint density at radius 3 is 2.62 bits per heavy atom. The molecule has 4 rings (SSSR count). The smallest absolute Gasteiger partial charge is 0.370 e. The van der Waals surface area contributed by atoms with Gasteiger partial charge in [-0.2, -0.15) is 13.2 Å². The van der Waals surface area contributed by atoms with Crippen LogP contribution in [-0.4, -0.2) is 51.0 Å². The van der Waals surface area contributed by atoms with Crippen molar-refractivity contribution in [2.75, 3.05) is 36.8 Å². The van der Waals surface area contributed by atoms with Gasteiger partial charge in [-0.05, 0) is 69.6 Å². The first-order valence-corrected chi connectivity index (χ1v) is 14.1. The molecule has 0 aliphatic carbocycles. The lowest BCUT2D eigenvalue weighted by atomic mass is 9.82. The highest BCUT2D eigenvalue weighted by molar-refractivity contribution is 7.93. The second-order valence-electron chi connectivity index (χ2n) is 9.40. The Balaban J connectivity index is 1.52. The zero-order valence-corrected chi connectivity index (χ0v) is 22.1. The molecule has 0 unspecified atom stereocenters. The molecule has 1 aliphatic rings. The van der Waals surface area contributed by atoms with Crippen LogP contribution in [-0.2, 0) is 22.6 Å². The number of piperidine rings is 1. The molecule has 1 N–H and O–H groups in total. The summed E-state index contributed by atoms with van der Waals surface area (Å²) in [7, 11) is -0.254. The first kappa shape index (κ1) is 27.3. The number of alkyl halides is 3. The molecule has 1 saturated heterocycles. The first-order valence-electron chi connectivity index (χ1n) is 11.7. The number of nitrogens with one attached hydrogen (secondary N) is 1. The van der Waals surface area contributed by atoms with Crippen molar-refractivity contribution in [2.45, 2.75) is 42.3 Å². The topological polar surface area (TPSA) is 65.5 Å². The Bertz CT molecular complexity index is 1330. The van der Waals surface area contributed by atoms with Crippen molar-refractivity contribution in [3.05, 3.63) is 71.0 Å². The van der Waals surface area contributed by atoms with E-state index < -0.39 is 32.5 Å². The van der Waals surface area contributed by atoms with Crippen LogP contribution < -0.4 is 9.62 Å². The van der Waals surface area contributed by atoms with Gasteiger partial charge in [-0.3, -0.25) is 4.72 Å². The molecule has 0 amide bonds. The molecule has 0 spiro atoms. The maximum absolute atomic E-state index is 15.0. The van der Waals surface area contributed by atoms with Gasteiger partial charge < -0.3 is 9.80 Å². The monoisotopic (exact) mass is 556 g/mol. The summed E-state index contributed by atoms with van der Waals surface area (Å²) in [6, 6.07) is 9.43. The average molecular weight is 557 g/mol. The number of halogens is 4. The Morgan fingerprint density at radius 1 is 1.19 bits per heavy atom. The van der Waals surface area contributed by atoms with E-state index in [-0.39, 0.29) is 10.7 Å². The molecule has 6 nitrogen and oxygen atoms in total. The standard InChI is InChI=1S/C25H28F4N4O2S2/c1-32(2)24(11-9-18-5-3-6-19(15-18)25(27,28)29)10-4-13-33(17-24)20-7-8-22(21(26)16-20)37(34,35)31-23-30-12-14-36-23/h3,5-8,12,14-16H,4,9-11,13,17H2,1-2H3,(H,30,31)/t24-/m1/s1. The lowest BCUT2D eigenvalue weighted by molar-refractivity contribution is -0.137. The molecule has 2 heterocycles. The van der Waals surface area contributed by atoms with Gasteiger partial charge in [0.05, 0.1) is 5.56 Å². The van der Waals surface area contributed by atoms with Gasteiger partial charge in [-0.15, -0.1) is 11.3 Å². The highest BCUT2D eigenvalue weighted by Gasteiger charge is 2.38. The predicted molar refractivity (Wildman–Crippen MR) is 137 cm³/mol. The number of aryl methyl sites for hydroxylation is 1. The minimum atomic E-state index is -4.39. The minimum Gasteiger partial charge on any atom is -0.370 e. The Hall–Kier alpha value is -2.70. The molecule has 1 fully saturated rings. The summed E-state index contributed by atoms with van der Waals surface area (Å²) in [5.41, 5.74) is 0.154. The van der Waals surface area contributed by atoms with Crippen LogP contribution in [0.1, 0.15) is 30.4 Å². The number of nitrogens with zero attached hydrogens (tertiary/aromatic N) is 3. The second-order valence-corrected chi connectivity index (χ2v) is 11.9. The zero-order valence-electron chi connectivity index (χ0n) is 20.4. The first-order chi connectivity index (χ1) is 17.4. The number of likely N-dealkylation sites (N-methyl/N-ethyl adjacent to an activating group) is 1. The molecular formula is C25H28F4N4O2S2. The van der Waals surface area contributed by atoms with Gasteiger partial charge >= 0.3 is 6.18 Å². The van der Waals surface area contributed by atoms with Crippen molar-refractivity contribution in [3.8, 4) is 0 Å².